The van der Waals surface area contributed by atoms with Crippen LogP contribution in [0.3, 0.4) is 0 Å². The Bertz CT molecular complexity index is 667. The summed E-state index contributed by atoms with van der Waals surface area (Å²) in [6.45, 7) is 6.47. The van der Waals surface area contributed by atoms with Gasteiger partial charge in [-0.3, -0.25) is 0 Å². The molecule has 7 heteroatoms. The quantitative estimate of drug-likeness (QED) is 0.920. The monoisotopic (exact) mass is 340 g/mol. The van der Waals surface area contributed by atoms with Gasteiger partial charge in [-0.15, -0.1) is 23.7 Å². The van der Waals surface area contributed by atoms with Gasteiger partial charge in [0.25, 0.3) is 5.89 Å². The Morgan fingerprint density at radius 1 is 1.32 bits per heavy atom. The fourth-order valence-electron chi connectivity index (χ4n) is 2.15. The molecule has 1 fully saturated rings. The Kier molecular flexibility index (Phi) is 4.75. The zero-order valence-electron chi connectivity index (χ0n) is 13.0. The van der Waals surface area contributed by atoms with Gasteiger partial charge in [0.15, 0.2) is 5.82 Å². The van der Waals surface area contributed by atoms with Crippen LogP contribution in [0.1, 0.15) is 61.6 Å². The molecule has 0 radical (unpaired) electrons. The number of halogens is 1. The fraction of sp³-hybridized carbons (Fsp3) is 0.533. The molecule has 120 valence electrons. The predicted octanol–water partition coefficient (Wildman–Crippen LogP) is 3.75. The molecular weight excluding hydrogens is 320 g/mol. The van der Waals surface area contributed by atoms with Crippen LogP contribution in [0.15, 0.2) is 10.7 Å². The number of hydrogen-bond donors (Lipinski definition) is 1. The average Bonchev–Trinajstić information content (AvgIpc) is 3.02. The number of aromatic nitrogens is 3. The molecule has 0 aromatic carbocycles. The van der Waals surface area contributed by atoms with E-state index in [1.807, 2.05) is 18.3 Å². The third kappa shape index (κ3) is 3.39. The summed E-state index contributed by atoms with van der Waals surface area (Å²) in [4.78, 5) is 9.89. The van der Waals surface area contributed by atoms with Crippen LogP contribution in [-0.2, 0) is 11.0 Å². The predicted molar refractivity (Wildman–Crippen MR) is 91.0 cm³/mol. The third-order valence-corrected chi connectivity index (χ3v) is 5.08. The lowest BCUT2D eigenvalue weighted by molar-refractivity contribution is 0.229. The summed E-state index contributed by atoms with van der Waals surface area (Å²) < 4.78 is 5.24. The van der Waals surface area contributed by atoms with Gasteiger partial charge in [-0.1, -0.05) is 25.9 Å². The van der Waals surface area contributed by atoms with Crippen LogP contribution in [0.2, 0.25) is 0 Å². The van der Waals surface area contributed by atoms with E-state index in [0.717, 1.165) is 29.1 Å². The molecule has 0 amide bonds. The molecule has 1 saturated carbocycles. The Balaban J connectivity index is 0.00000176. The summed E-state index contributed by atoms with van der Waals surface area (Å²) in [7, 11) is 0. The van der Waals surface area contributed by atoms with Gasteiger partial charge in [-0.2, -0.15) is 4.98 Å². The number of rotatable bonds is 3. The first-order valence-electron chi connectivity index (χ1n) is 7.14. The van der Waals surface area contributed by atoms with Crippen LogP contribution in [0.25, 0.3) is 12.2 Å². The highest BCUT2D eigenvalue weighted by Gasteiger charge is 2.38. The van der Waals surface area contributed by atoms with E-state index in [-0.39, 0.29) is 23.4 Å². The highest BCUT2D eigenvalue weighted by Crippen LogP contribution is 2.37. The highest BCUT2D eigenvalue weighted by molar-refractivity contribution is 7.12. The van der Waals surface area contributed by atoms with Gasteiger partial charge in [0, 0.05) is 22.6 Å². The van der Waals surface area contributed by atoms with Crippen molar-refractivity contribution in [1.29, 1.82) is 0 Å². The van der Waals surface area contributed by atoms with Crippen molar-refractivity contribution >= 4 is 35.9 Å². The van der Waals surface area contributed by atoms with E-state index in [0.29, 0.717) is 11.7 Å². The molecule has 3 rings (SSSR count). The minimum Gasteiger partial charge on any atom is -0.335 e. The normalized spacial score (nSPS) is 17.3. The zero-order valence-corrected chi connectivity index (χ0v) is 14.6. The van der Waals surface area contributed by atoms with Gasteiger partial charge < -0.3 is 10.3 Å². The number of nitrogens with two attached hydrogens (primary N) is 1. The van der Waals surface area contributed by atoms with Gasteiger partial charge in [0.05, 0.1) is 10.5 Å². The fourth-order valence-corrected chi connectivity index (χ4v) is 3.03. The Labute approximate surface area is 140 Å². The van der Waals surface area contributed by atoms with Crippen LogP contribution >= 0.6 is 23.7 Å². The molecule has 0 spiro atoms. The van der Waals surface area contributed by atoms with Crippen LogP contribution in [-0.4, -0.2) is 15.1 Å². The van der Waals surface area contributed by atoms with E-state index in [4.69, 9.17) is 10.3 Å². The molecule has 1 aliphatic carbocycles. The summed E-state index contributed by atoms with van der Waals surface area (Å²) in [6.07, 6.45) is 8.63. The molecule has 0 saturated heterocycles. The Morgan fingerprint density at radius 2 is 2.05 bits per heavy atom. The minimum atomic E-state index is -0.376. The standard InChI is InChI=1S/C15H20N4OS.ClH/c1-14(2,3)13-17-9-10(21-13)5-6-11-18-12(19-20-11)15(16)7-4-8-15;/h5-6,9H,4,7-8,16H2,1-3H3;1H/b6-5+;. The number of thiazole rings is 1. The van der Waals surface area contributed by atoms with Crippen molar-refractivity contribution in [3.8, 4) is 0 Å². The molecule has 0 unspecified atom stereocenters. The number of nitrogens with zero attached hydrogens (tertiary/aromatic N) is 3. The van der Waals surface area contributed by atoms with Crippen molar-refractivity contribution in [3.05, 3.63) is 27.8 Å². The lowest BCUT2D eigenvalue weighted by Crippen LogP contribution is -2.44. The van der Waals surface area contributed by atoms with E-state index in [9.17, 15) is 0 Å². The lowest BCUT2D eigenvalue weighted by Gasteiger charge is -2.34. The van der Waals surface area contributed by atoms with Gasteiger partial charge in [-0.25, -0.2) is 4.98 Å². The molecule has 2 heterocycles. The topological polar surface area (TPSA) is 77.8 Å². The maximum Gasteiger partial charge on any atom is 0.250 e. The second-order valence-corrected chi connectivity index (χ2v) is 7.68. The van der Waals surface area contributed by atoms with Crippen LogP contribution in [0.5, 0.6) is 0 Å². The summed E-state index contributed by atoms with van der Waals surface area (Å²) in [6, 6.07) is 0. The van der Waals surface area contributed by atoms with Gasteiger partial charge in [-0.05, 0) is 25.3 Å². The maximum absolute atomic E-state index is 6.18. The zero-order chi connectivity index (χ0) is 15.1. The number of hydrogen-bond acceptors (Lipinski definition) is 6. The van der Waals surface area contributed by atoms with Gasteiger partial charge >= 0.3 is 0 Å². The van der Waals surface area contributed by atoms with Crippen molar-refractivity contribution in [2.24, 2.45) is 5.73 Å². The molecule has 0 bridgehead atoms. The highest BCUT2D eigenvalue weighted by atomic mass is 35.5. The average molecular weight is 341 g/mol. The molecule has 5 nitrogen and oxygen atoms in total. The first-order chi connectivity index (χ1) is 9.87. The molecule has 2 aromatic heterocycles. The van der Waals surface area contributed by atoms with E-state index in [1.54, 1.807) is 11.3 Å². The molecule has 1 aliphatic rings. The van der Waals surface area contributed by atoms with Crippen LogP contribution in [0.4, 0.5) is 0 Å². The second-order valence-electron chi connectivity index (χ2n) is 6.62. The van der Waals surface area contributed by atoms with Crippen LogP contribution in [0, 0.1) is 0 Å². The van der Waals surface area contributed by atoms with E-state index in [2.05, 4.69) is 35.9 Å². The lowest BCUT2D eigenvalue weighted by atomic mass is 9.77. The molecular formula is C15H21ClN4OS. The van der Waals surface area contributed by atoms with E-state index < -0.39 is 0 Å². The second kappa shape index (κ2) is 6.10. The summed E-state index contributed by atoms with van der Waals surface area (Å²) >= 11 is 1.67. The molecule has 0 aliphatic heterocycles. The Hall–Kier alpha value is -1.24. The molecule has 2 N–H and O–H groups in total. The molecule has 2 aromatic rings. The summed E-state index contributed by atoms with van der Waals surface area (Å²) in [5.74, 6) is 1.11. The molecule has 0 atom stereocenters. The minimum absolute atomic E-state index is 0. The Morgan fingerprint density at radius 3 is 2.59 bits per heavy atom. The summed E-state index contributed by atoms with van der Waals surface area (Å²) in [5.41, 5.74) is 5.88. The van der Waals surface area contributed by atoms with Crippen molar-refractivity contribution in [1.82, 2.24) is 15.1 Å². The van der Waals surface area contributed by atoms with Crippen molar-refractivity contribution in [2.75, 3.05) is 0 Å². The first kappa shape index (κ1) is 17.1. The summed E-state index contributed by atoms with van der Waals surface area (Å²) in [5, 5.41) is 5.11. The van der Waals surface area contributed by atoms with Crippen molar-refractivity contribution in [2.45, 2.75) is 51.0 Å². The third-order valence-electron chi connectivity index (χ3n) is 3.69. The van der Waals surface area contributed by atoms with Crippen molar-refractivity contribution < 1.29 is 4.52 Å². The maximum atomic E-state index is 6.18. The van der Waals surface area contributed by atoms with E-state index in [1.165, 1.54) is 0 Å². The largest absolute Gasteiger partial charge is 0.335 e. The van der Waals surface area contributed by atoms with Crippen LogP contribution < -0.4 is 5.73 Å². The van der Waals surface area contributed by atoms with Gasteiger partial charge in [0.2, 0.25) is 0 Å². The van der Waals surface area contributed by atoms with Crippen molar-refractivity contribution in [3.63, 3.8) is 0 Å². The smallest absolute Gasteiger partial charge is 0.250 e. The van der Waals surface area contributed by atoms with E-state index >= 15 is 0 Å². The SMILES string of the molecule is CC(C)(C)c1ncc(/C=C/c2nc(C3(N)CCC3)no2)s1.Cl. The first-order valence-corrected chi connectivity index (χ1v) is 7.96. The van der Waals surface area contributed by atoms with Gasteiger partial charge in [0.1, 0.15) is 0 Å². The molecule has 22 heavy (non-hydrogen) atoms.